The molecule has 0 spiro atoms. The van der Waals surface area contributed by atoms with Crippen LogP contribution in [-0.4, -0.2) is 35.1 Å². The quantitative estimate of drug-likeness (QED) is 0.847. The van der Waals surface area contributed by atoms with Gasteiger partial charge in [-0.2, -0.15) is 0 Å². The standard InChI is InChI=1S/C14H20FNO2/c1-4-13(14(17)18)16(3)10(2)9-11-5-7-12(15)8-6-11/h5-8,10,13H,4,9H2,1-3H3,(H,17,18). The molecule has 0 fully saturated rings. The summed E-state index contributed by atoms with van der Waals surface area (Å²) in [6, 6.07) is 5.95. The number of likely N-dealkylation sites (N-methyl/N-ethyl adjacent to an activating group) is 1. The minimum absolute atomic E-state index is 0.0940. The van der Waals surface area contributed by atoms with Gasteiger partial charge in [0.15, 0.2) is 0 Å². The van der Waals surface area contributed by atoms with Crippen LogP contribution in [0.2, 0.25) is 0 Å². The van der Waals surface area contributed by atoms with Crippen molar-refractivity contribution in [3.05, 3.63) is 35.6 Å². The number of benzene rings is 1. The van der Waals surface area contributed by atoms with Gasteiger partial charge in [0.1, 0.15) is 11.9 Å². The van der Waals surface area contributed by atoms with Crippen LogP contribution < -0.4 is 0 Å². The Bertz CT molecular complexity index is 391. The van der Waals surface area contributed by atoms with Crippen molar-refractivity contribution >= 4 is 5.97 Å². The van der Waals surface area contributed by atoms with E-state index in [1.807, 2.05) is 25.8 Å². The second-order valence-corrected chi connectivity index (χ2v) is 4.61. The molecule has 2 unspecified atom stereocenters. The molecule has 0 aliphatic heterocycles. The monoisotopic (exact) mass is 253 g/mol. The van der Waals surface area contributed by atoms with Crippen molar-refractivity contribution in [2.75, 3.05) is 7.05 Å². The van der Waals surface area contributed by atoms with Gasteiger partial charge in [-0.1, -0.05) is 19.1 Å². The number of hydrogen-bond acceptors (Lipinski definition) is 2. The molecule has 0 saturated heterocycles. The van der Waals surface area contributed by atoms with Gasteiger partial charge in [0.05, 0.1) is 0 Å². The van der Waals surface area contributed by atoms with E-state index in [2.05, 4.69) is 0 Å². The second-order valence-electron chi connectivity index (χ2n) is 4.61. The molecule has 0 aliphatic rings. The molecular weight excluding hydrogens is 233 g/mol. The lowest BCUT2D eigenvalue weighted by molar-refractivity contribution is -0.143. The van der Waals surface area contributed by atoms with Crippen LogP contribution in [0.15, 0.2) is 24.3 Å². The summed E-state index contributed by atoms with van der Waals surface area (Å²) < 4.78 is 12.8. The molecule has 1 aromatic carbocycles. The Kier molecular flexibility index (Phi) is 5.28. The van der Waals surface area contributed by atoms with Crippen molar-refractivity contribution in [2.24, 2.45) is 0 Å². The van der Waals surface area contributed by atoms with E-state index in [1.165, 1.54) is 12.1 Å². The highest BCUT2D eigenvalue weighted by molar-refractivity contribution is 5.73. The van der Waals surface area contributed by atoms with E-state index in [0.717, 1.165) is 5.56 Å². The highest BCUT2D eigenvalue weighted by atomic mass is 19.1. The number of carboxylic acid groups (broad SMARTS) is 1. The van der Waals surface area contributed by atoms with Crippen LogP contribution in [0.1, 0.15) is 25.8 Å². The van der Waals surface area contributed by atoms with Gasteiger partial charge in [0.2, 0.25) is 0 Å². The number of carboxylic acids is 1. The molecule has 4 heteroatoms. The van der Waals surface area contributed by atoms with Crippen LogP contribution >= 0.6 is 0 Å². The summed E-state index contributed by atoms with van der Waals surface area (Å²) in [6.07, 6.45) is 1.28. The van der Waals surface area contributed by atoms with Crippen LogP contribution in [-0.2, 0) is 11.2 Å². The fraction of sp³-hybridized carbons (Fsp3) is 0.500. The van der Waals surface area contributed by atoms with E-state index in [0.29, 0.717) is 12.8 Å². The Morgan fingerprint density at radius 3 is 2.39 bits per heavy atom. The maximum absolute atomic E-state index is 12.8. The van der Waals surface area contributed by atoms with E-state index >= 15 is 0 Å². The summed E-state index contributed by atoms with van der Waals surface area (Å²) in [5.74, 6) is -1.05. The van der Waals surface area contributed by atoms with Gasteiger partial charge >= 0.3 is 5.97 Å². The minimum Gasteiger partial charge on any atom is -0.480 e. The number of rotatable bonds is 6. The Morgan fingerprint density at radius 1 is 1.39 bits per heavy atom. The van der Waals surface area contributed by atoms with Crippen molar-refractivity contribution < 1.29 is 14.3 Å². The molecule has 0 amide bonds. The lowest BCUT2D eigenvalue weighted by atomic mass is 10.0. The molecule has 1 rings (SSSR count). The molecule has 0 aromatic heterocycles. The molecule has 1 N–H and O–H groups in total. The maximum atomic E-state index is 12.8. The molecule has 2 atom stereocenters. The lowest BCUT2D eigenvalue weighted by Crippen LogP contribution is -2.44. The normalized spacial score (nSPS) is 14.5. The third-order valence-corrected chi connectivity index (χ3v) is 3.30. The molecule has 0 bridgehead atoms. The third kappa shape index (κ3) is 3.81. The lowest BCUT2D eigenvalue weighted by Gasteiger charge is -2.30. The summed E-state index contributed by atoms with van der Waals surface area (Å²) in [6.45, 7) is 3.84. The maximum Gasteiger partial charge on any atom is 0.320 e. The predicted molar refractivity (Wildman–Crippen MR) is 69.0 cm³/mol. The van der Waals surface area contributed by atoms with Crippen LogP contribution in [0.5, 0.6) is 0 Å². The van der Waals surface area contributed by atoms with Crippen LogP contribution in [0, 0.1) is 5.82 Å². The van der Waals surface area contributed by atoms with Crippen molar-refractivity contribution in [2.45, 2.75) is 38.8 Å². The summed E-state index contributed by atoms with van der Waals surface area (Å²) >= 11 is 0. The van der Waals surface area contributed by atoms with E-state index in [1.54, 1.807) is 12.1 Å². The summed E-state index contributed by atoms with van der Waals surface area (Å²) in [5.41, 5.74) is 1.01. The van der Waals surface area contributed by atoms with Gasteiger partial charge in [-0.25, -0.2) is 4.39 Å². The molecule has 0 heterocycles. The van der Waals surface area contributed by atoms with Gasteiger partial charge < -0.3 is 5.11 Å². The highest BCUT2D eigenvalue weighted by Gasteiger charge is 2.24. The van der Waals surface area contributed by atoms with Gasteiger partial charge in [0.25, 0.3) is 0 Å². The number of halogens is 1. The summed E-state index contributed by atoms with van der Waals surface area (Å²) in [5, 5.41) is 9.10. The van der Waals surface area contributed by atoms with Gasteiger partial charge in [-0.05, 0) is 44.5 Å². The summed E-state index contributed by atoms with van der Waals surface area (Å²) in [7, 11) is 1.82. The van der Waals surface area contributed by atoms with Crippen LogP contribution in [0.4, 0.5) is 4.39 Å². The molecule has 18 heavy (non-hydrogen) atoms. The van der Waals surface area contributed by atoms with E-state index in [-0.39, 0.29) is 11.9 Å². The first-order valence-electron chi connectivity index (χ1n) is 6.14. The molecule has 100 valence electrons. The zero-order chi connectivity index (χ0) is 13.7. The molecular formula is C14H20FNO2. The number of hydrogen-bond donors (Lipinski definition) is 1. The number of carbonyl (C=O) groups is 1. The number of aliphatic carboxylic acids is 1. The van der Waals surface area contributed by atoms with Gasteiger partial charge in [0, 0.05) is 6.04 Å². The van der Waals surface area contributed by atoms with Gasteiger partial charge in [-0.3, -0.25) is 9.69 Å². The zero-order valence-electron chi connectivity index (χ0n) is 11.1. The Balaban J connectivity index is 2.66. The predicted octanol–water partition coefficient (Wildman–Crippen LogP) is 2.55. The average molecular weight is 253 g/mol. The molecule has 0 aliphatic carbocycles. The van der Waals surface area contributed by atoms with Crippen LogP contribution in [0.3, 0.4) is 0 Å². The van der Waals surface area contributed by atoms with E-state index in [4.69, 9.17) is 5.11 Å². The second kappa shape index (κ2) is 6.50. The van der Waals surface area contributed by atoms with Gasteiger partial charge in [-0.15, -0.1) is 0 Å². The molecule has 3 nitrogen and oxygen atoms in total. The Hall–Kier alpha value is -1.42. The van der Waals surface area contributed by atoms with Crippen molar-refractivity contribution in [3.63, 3.8) is 0 Å². The SMILES string of the molecule is CCC(C(=O)O)N(C)C(C)Cc1ccc(F)cc1. The smallest absolute Gasteiger partial charge is 0.320 e. The molecule has 0 radical (unpaired) electrons. The van der Waals surface area contributed by atoms with Crippen molar-refractivity contribution in [1.29, 1.82) is 0 Å². The average Bonchev–Trinajstić information content (AvgIpc) is 2.32. The topological polar surface area (TPSA) is 40.5 Å². The molecule has 1 aromatic rings. The Labute approximate surface area is 107 Å². The first-order chi connectivity index (χ1) is 8.45. The molecule has 0 saturated carbocycles. The number of nitrogens with zero attached hydrogens (tertiary/aromatic N) is 1. The zero-order valence-corrected chi connectivity index (χ0v) is 11.1. The first kappa shape index (κ1) is 14.6. The first-order valence-corrected chi connectivity index (χ1v) is 6.14. The minimum atomic E-state index is -0.800. The fourth-order valence-corrected chi connectivity index (χ4v) is 2.05. The third-order valence-electron chi connectivity index (χ3n) is 3.30. The van der Waals surface area contributed by atoms with E-state index in [9.17, 15) is 9.18 Å². The van der Waals surface area contributed by atoms with Crippen LogP contribution in [0.25, 0.3) is 0 Å². The fourth-order valence-electron chi connectivity index (χ4n) is 2.05. The highest BCUT2D eigenvalue weighted by Crippen LogP contribution is 2.13. The largest absolute Gasteiger partial charge is 0.480 e. The van der Waals surface area contributed by atoms with Crippen molar-refractivity contribution in [1.82, 2.24) is 4.90 Å². The van der Waals surface area contributed by atoms with E-state index < -0.39 is 12.0 Å². The summed E-state index contributed by atoms with van der Waals surface area (Å²) in [4.78, 5) is 12.9. The van der Waals surface area contributed by atoms with Crippen molar-refractivity contribution in [3.8, 4) is 0 Å². The Morgan fingerprint density at radius 2 is 1.94 bits per heavy atom.